The molecule has 2 aromatic rings. The third kappa shape index (κ3) is 1.56. The fourth-order valence-electron chi connectivity index (χ4n) is 2.30. The number of fused-ring (bicyclic) bond motifs is 1. The van der Waals surface area contributed by atoms with Crippen LogP contribution in [-0.2, 0) is 0 Å². The number of hydrogen-bond donors (Lipinski definition) is 2. The number of aromatic nitrogens is 1. The fraction of sp³-hybridized carbons (Fsp3) is 0.308. The fourth-order valence-corrected chi connectivity index (χ4v) is 2.30. The molecule has 2 N–H and O–H groups in total. The second-order valence-corrected chi connectivity index (χ2v) is 4.19. The highest BCUT2D eigenvalue weighted by Gasteiger charge is 2.16. The summed E-state index contributed by atoms with van der Waals surface area (Å²) in [4.78, 5) is 7.87. The minimum Gasteiger partial charge on any atom is -0.497 e. The maximum Gasteiger partial charge on any atom is 0.130 e. The summed E-state index contributed by atoms with van der Waals surface area (Å²) in [6.07, 6.45) is 0. The lowest BCUT2D eigenvalue weighted by molar-refractivity contribution is 0.415. The molecular formula is C13H15N3O. The van der Waals surface area contributed by atoms with Crippen LogP contribution < -0.4 is 10.1 Å². The summed E-state index contributed by atoms with van der Waals surface area (Å²) >= 11 is 0. The van der Waals surface area contributed by atoms with Crippen molar-refractivity contribution in [2.45, 2.75) is 6.92 Å². The van der Waals surface area contributed by atoms with Crippen molar-refractivity contribution in [2.75, 3.05) is 20.2 Å². The first-order chi connectivity index (χ1) is 8.29. The molecule has 0 unspecified atom stereocenters. The second-order valence-electron chi connectivity index (χ2n) is 4.19. The van der Waals surface area contributed by atoms with E-state index in [0.717, 1.165) is 46.8 Å². The molecule has 4 heteroatoms. The van der Waals surface area contributed by atoms with Crippen molar-refractivity contribution in [3.63, 3.8) is 0 Å². The zero-order valence-electron chi connectivity index (χ0n) is 10.0. The molecule has 0 saturated carbocycles. The van der Waals surface area contributed by atoms with E-state index in [1.807, 2.05) is 12.1 Å². The first kappa shape index (κ1) is 10.2. The van der Waals surface area contributed by atoms with Gasteiger partial charge in [-0.2, -0.15) is 0 Å². The van der Waals surface area contributed by atoms with Gasteiger partial charge in [0.15, 0.2) is 0 Å². The summed E-state index contributed by atoms with van der Waals surface area (Å²) in [5, 5.41) is 4.48. The van der Waals surface area contributed by atoms with Crippen LogP contribution in [0.25, 0.3) is 10.9 Å². The normalized spacial score (nSPS) is 14.8. The van der Waals surface area contributed by atoms with Crippen molar-refractivity contribution in [3.05, 3.63) is 29.5 Å². The van der Waals surface area contributed by atoms with Gasteiger partial charge in [-0.25, -0.2) is 0 Å². The third-order valence-electron chi connectivity index (χ3n) is 3.10. The summed E-state index contributed by atoms with van der Waals surface area (Å²) in [6.45, 7) is 3.85. The van der Waals surface area contributed by atoms with Crippen LogP contribution in [0.15, 0.2) is 23.2 Å². The number of hydrogen-bond acceptors (Lipinski definition) is 3. The molecule has 17 heavy (non-hydrogen) atoms. The van der Waals surface area contributed by atoms with E-state index in [-0.39, 0.29) is 0 Å². The summed E-state index contributed by atoms with van der Waals surface area (Å²) in [6, 6.07) is 6.06. The van der Waals surface area contributed by atoms with Crippen molar-refractivity contribution < 1.29 is 4.74 Å². The van der Waals surface area contributed by atoms with Crippen molar-refractivity contribution in [2.24, 2.45) is 4.99 Å². The Morgan fingerprint density at radius 1 is 1.35 bits per heavy atom. The van der Waals surface area contributed by atoms with E-state index in [9.17, 15) is 0 Å². The Labute approximate surface area is 99.7 Å². The Hall–Kier alpha value is -1.97. The SMILES string of the molecule is COc1ccc2[nH]c(C)c(C3=NCCN3)c2c1. The van der Waals surface area contributed by atoms with Gasteiger partial charge in [-0.05, 0) is 25.1 Å². The minimum atomic E-state index is 0.853. The number of methoxy groups -OCH3 is 1. The van der Waals surface area contributed by atoms with Gasteiger partial charge in [0.1, 0.15) is 11.6 Å². The monoisotopic (exact) mass is 229 g/mol. The number of aryl methyl sites for hydroxylation is 1. The lowest BCUT2D eigenvalue weighted by Crippen LogP contribution is -2.19. The molecule has 0 atom stereocenters. The van der Waals surface area contributed by atoms with Crippen LogP contribution in [0, 0.1) is 6.92 Å². The van der Waals surface area contributed by atoms with Crippen molar-refractivity contribution >= 4 is 16.7 Å². The van der Waals surface area contributed by atoms with Crippen LogP contribution in [0.1, 0.15) is 11.3 Å². The van der Waals surface area contributed by atoms with E-state index >= 15 is 0 Å². The number of H-pyrrole nitrogens is 1. The molecule has 0 bridgehead atoms. The molecule has 3 rings (SSSR count). The smallest absolute Gasteiger partial charge is 0.130 e. The van der Waals surface area contributed by atoms with Crippen LogP contribution in [-0.4, -0.2) is 31.0 Å². The minimum absolute atomic E-state index is 0.853. The molecule has 0 amide bonds. The van der Waals surface area contributed by atoms with Crippen LogP contribution in [0.4, 0.5) is 0 Å². The van der Waals surface area contributed by atoms with Crippen LogP contribution >= 0.6 is 0 Å². The molecule has 1 aromatic carbocycles. The third-order valence-corrected chi connectivity index (χ3v) is 3.10. The van der Waals surface area contributed by atoms with Crippen molar-refractivity contribution in [1.29, 1.82) is 0 Å². The largest absolute Gasteiger partial charge is 0.497 e. The van der Waals surface area contributed by atoms with Crippen molar-refractivity contribution in [3.8, 4) is 5.75 Å². The topological polar surface area (TPSA) is 49.4 Å². The molecule has 0 saturated heterocycles. The lowest BCUT2D eigenvalue weighted by atomic mass is 10.1. The molecule has 0 spiro atoms. The highest BCUT2D eigenvalue weighted by atomic mass is 16.5. The molecule has 1 aliphatic heterocycles. The molecule has 88 valence electrons. The second kappa shape index (κ2) is 3.80. The quantitative estimate of drug-likeness (QED) is 0.825. The zero-order chi connectivity index (χ0) is 11.8. The average Bonchev–Trinajstić information content (AvgIpc) is 2.93. The Balaban J connectivity index is 2.24. The van der Waals surface area contributed by atoms with Gasteiger partial charge < -0.3 is 15.0 Å². The average molecular weight is 229 g/mol. The molecule has 2 heterocycles. The summed E-state index contributed by atoms with van der Waals surface area (Å²) < 4.78 is 5.28. The number of ether oxygens (including phenoxy) is 1. The Kier molecular flexibility index (Phi) is 2.28. The van der Waals surface area contributed by atoms with E-state index in [2.05, 4.69) is 28.3 Å². The first-order valence-electron chi connectivity index (χ1n) is 5.74. The molecule has 0 aliphatic carbocycles. The van der Waals surface area contributed by atoms with Crippen LogP contribution in [0.5, 0.6) is 5.75 Å². The first-order valence-corrected chi connectivity index (χ1v) is 5.74. The summed E-state index contributed by atoms with van der Waals surface area (Å²) in [5.41, 5.74) is 3.42. The number of nitrogens with zero attached hydrogens (tertiary/aromatic N) is 1. The highest BCUT2D eigenvalue weighted by molar-refractivity contribution is 6.11. The van der Waals surface area contributed by atoms with E-state index < -0.39 is 0 Å². The number of amidine groups is 1. The summed E-state index contributed by atoms with van der Waals surface area (Å²) in [7, 11) is 1.69. The number of benzene rings is 1. The van der Waals surface area contributed by atoms with Gasteiger partial charge in [0.2, 0.25) is 0 Å². The predicted molar refractivity (Wildman–Crippen MR) is 69.0 cm³/mol. The molecule has 0 radical (unpaired) electrons. The van der Waals surface area contributed by atoms with Gasteiger partial charge in [-0.15, -0.1) is 0 Å². The Bertz CT molecular complexity index is 598. The number of rotatable bonds is 2. The molecular weight excluding hydrogens is 214 g/mol. The van der Waals surface area contributed by atoms with Gasteiger partial charge in [0, 0.05) is 28.7 Å². The predicted octanol–water partition coefficient (Wildman–Crippen LogP) is 1.83. The van der Waals surface area contributed by atoms with Gasteiger partial charge in [-0.3, -0.25) is 4.99 Å². The molecule has 0 fully saturated rings. The Morgan fingerprint density at radius 3 is 2.94 bits per heavy atom. The number of aromatic amines is 1. The lowest BCUT2D eigenvalue weighted by Gasteiger charge is -2.03. The Morgan fingerprint density at radius 2 is 2.24 bits per heavy atom. The van der Waals surface area contributed by atoms with Crippen LogP contribution in [0.2, 0.25) is 0 Å². The number of aliphatic imine (C=N–C) groups is 1. The maximum atomic E-state index is 5.28. The highest BCUT2D eigenvalue weighted by Crippen LogP contribution is 2.26. The summed E-state index contributed by atoms with van der Waals surface area (Å²) in [5.74, 6) is 1.86. The zero-order valence-corrected chi connectivity index (χ0v) is 10.0. The van der Waals surface area contributed by atoms with Crippen molar-refractivity contribution in [1.82, 2.24) is 10.3 Å². The van der Waals surface area contributed by atoms with Gasteiger partial charge in [-0.1, -0.05) is 0 Å². The molecule has 1 aliphatic rings. The molecule has 4 nitrogen and oxygen atoms in total. The van der Waals surface area contributed by atoms with E-state index in [1.54, 1.807) is 7.11 Å². The maximum absolute atomic E-state index is 5.28. The van der Waals surface area contributed by atoms with Gasteiger partial charge >= 0.3 is 0 Å². The standard InChI is InChI=1S/C13H15N3O/c1-8-12(13-14-5-6-15-13)10-7-9(17-2)3-4-11(10)16-8/h3-4,7,16H,5-6H2,1-2H3,(H,14,15). The number of nitrogens with one attached hydrogen (secondary N) is 2. The van der Waals surface area contributed by atoms with E-state index in [0.29, 0.717) is 0 Å². The van der Waals surface area contributed by atoms with Crippen LogP contribution in [0.3, 0.4) is 0 Å². The molecule has 1 aromatic heterocycles. The van der Waals surface area contributed by atoms with E-state index in [1.165, 1.54) is 0 Å². The van der Waals surface area contributed by atoms with Gasteiger partial charge in [0.05, 0.1) is 13.7 Å². The van der Waals surface area contributed by atoms with E-state index in [4.69, 9.17) is 4.74 Å². The van der Waals surface area contributed by atoms with Gasteiger partial charge in [0.25, 0.3) is 0 Å².